The zero-order chi connectivity index (χ0) is 25.8. The van der Waals surface area contributed by atoms with Crippen molar-refractivity contribution in [2.75, 3.05) is 15.1 Å². The molecular weight excluding hydrogens is 472 g/mol. The lowest BCUT2D eigenvalue weighted by molar-refractivity contribution is -0.384. The van der Waals surface area contributed by atoms with Crippen LogP contribution in [0.3, 0.4) is 0 Å². The van der Waals surface area contributed by atoms with Gasteiger partial charge in [-0.05, 0) is 42.8 Å². The van der Waals surface area contributed by atoms with Gasteiger partial charge in [0.25, 0.3) is 5.69 Å². The molecule has 37 heavy (non-hydrogen) atoms. The molecule has 3 aromatic carbocycles. The summed E-state index contributed by atoms with van der Waals surface area (Å²) in [5, 5.41) is 13.8. The van der Waals surface area contributed by atoms with Gasteiger partial charge in [-0.2, -0.15) is 0 Å². The Balaban J connectivity index is 1.40. The molecule has 0 spiro atoms. The molecule has 0 bridgehead atoms. The van der Waals surface area contributed by atoms with Gasteiger partial charge in [-0.25, -0.2) is 4.90 Å². The van der Waals surface area contributed by atoms with Gasteiger partial charge < -0.3 is 10.2 Å². The minimum Gasteiger partial charge on any atom is -0.351 e. The minimum atomic E-state index is -0.955. The van der Waals surface area contributed by atoms with Gasteiger partial charge in [-0.15, -0.1) is 0 Å². The highest BCUT2D eigenvalue weighted by atomic mass is 16.6. The fraction of sp³-hybridized carbons (Fsp3) is 0.179. The molecule has 2 fully saturated rings. The number of para-hydroxylation sites is 1. The number of imide groups is 1. The van der Waals surface area contributed by atoms with E-state index in [0.29, 0.717) is 11.4 Å². The number of hydrogen-bond acceptors (Lipinski definition) is 6. The van der Waals surface area contributed by atoms with Crippen molar-refractivity contribution < 1.29 is 19.3 Å². The van der Waals surface area contributed by atoms with Crippen molar-refractivity contribution in [3.8, 4) is 0 Å². The van der Waals surface area contributed by atoms with Crippen molar-refractivity contribution >= 4 is 46.5 Å². The van der Waals surface area contributed by atoms with Gasteiger partial charge in [0, 0.05) is 23.5 Å². The molecule has 3 heterocycles. The van der Waals surface area contributed by atoms with Crippen LogP contribution in [0, 0.1) is 28.9 Å². The number of rotatable bonds is 4. The number of anilines is 3. The largest absolute Gasteiger partial charge is 0.351 e. The molecule has 3 amide bonds. The highest BCUT2D eigenvalue weighted by Gasteiger charge is 2.64. The van der Waals surface area contributed by atoms with E-state index in [1.807, 2.05) is 60.4 Å². The van der Waals surface area contributed by atoms with Crippen LogP contribution in [0.4, 0.5) is 22.7 Å². The summed E-state index contributed by atoms with van der Waals surface area (Å²) in [6.07, 6.45) is 3.82. The Morgan fingerprint density at radius 2 is 1.59 bits per heavy atom. The second kappa shape index (κ2) is 8.41. The first kappa shape index (κ1) is 22.7. The molecule has 3 aliphatic rings. The second-order valence-electron chi connectivity index (χ2n) is 9.45. The van der Waals surface area contributed by atoms with Crippen LogP contribution in [-0.2, 0) is 14.4 Å². The van der Waals surface area contributed by atoms with Gasteiger partial charge in [0.1, 0.15) is 6.04 Å². The molecule has 184 valence electrons. The smallest absolute Gasteiger partial charge is 0.269 e. The normalized spacial score (nSPS) is 23.5. The van der Waals surface area contributed by atoms with Crippen molar-refractivity contribution in [2.45, 2.75) is 19.0 Å². The van der Waals surface area contributed by atoms with E-state index in [1.54, 1.807) is 12.1 Å². The van der Waals surface area contributed by atoms with E-state index in [0.717, 1.165) is 16.8 Å². The Kier molecular flexibility index (Phi) is 5.15. The first-order valence-corrected chi connectivity index (χ1v) is 11.9. The number of benzene rings is 3. The van der Waals surface area contributed by atoms with Gasteiger partial charge in [0.15, 0.2) is 0 Å². The number of carbonyl (C=O) groups is 3. The average molecular weight is 495 g/mol. The Morgan fingerprint density at radius 1 is 0.919 bits per heavy atom. The molecule has 6 rings (SSSR count). The molecule has 0 radical (unpaired) electrons. The van der Waals surface area contributed by atoms with Crippen molar-refractivity contribution in [2.24, 2.45) is 11.8 Å². The van der Waals surface area contributed by atoms with Crippen LogP contribution in [0.1, 0.15) is 11.1 Å². The highest BCUT2D eigenvalue weighted by Crippen LogP contribution is 2.49. The van der Waals surface area contributed by atoms with E-state index in [-0.39, 0.29) is 11.6 Å². The number of non-ortho nitro benzene ring substituents is 1. The maximum Gasteiger partial charge on any atom is 0.269 e. The minimum absolute atomic E-state index is 0.0978. The summed E-state index contributed by atoms with van der Waals surface area (Å²) in [6, 6.07) is 18.8. The predicted molar refractivity (Wildman–Crippen MR) is 138 cm³/mol. The molecule has 4 atom stereocenters. The third kappa shape index (κ3) is 3.50. The number of nitrogens with one attached hydrogen (secondary N) is 1. The lowest BCUT2D eigenvalue weighted by atomic mass is 9.88. The van der Waals surface area contributed by atoms with E-state index < -0.39 is 40.7 Å². The van der Waals surface area contributed by atoms with E-state index in [9.17, 15) is 24.5 Å². The topological polar surface area (TPSA) is 113 Å². The Morgan fingerprint density at radius 3 is 2.30 bits per heavy atom. The number of hydrogen-bond donors (Lipinski definition) is 1. The fourth-order valence-electron chi connectivity index (χ4n) is 5.64. The van der Waals surface area contributed by atoms with Crippen molar-refractivity contribution in [3.05, 3.63) is 100 Å². The van der Waals surface area contributed by atoms with E-state index >= 15 is 0 Å². The Hall–Kier alpha value is -4.79. The maximum absolute atomic E-state index is 13.8. The van der Waals surface area contributed by atoms with Crippen LogP contribution >= 0.6 is 0 Å². The molecule has 9 heteroatoms. The number of nitrogens with zero attached hydrogens (tertiary/aromatic N) is 3. The van der Waals surface area contributed by atoms with Crippen LogP contribution < -0.4 is 15.1 Å². The molecule has 3 aromatic rings. The molecule has 2 saturated heterocycles. The van der Waals surface area contributed by atoms with Gasteiger partial charge in [-0.3, -0.25) is 24.5 Å². The number of carbonyl (C=O) groups excluding carboxylic acids is 3. The predicted octanol–water partition coefficient (Wildman–Crippen LogP) is 3.93. The van der Waals surface area contributed by atoms with Gasteiger partial charge in [-0.1, -0.05) is 48.0 Å². The standard InChI is InChI=1S/C28H22N4O5/c1-16-6-11-19(12-7-16)30-27(34)23-22-15-8-17-4-2-3-5-21(17)31(22)25(24(23)28(30)35)26(33)29-18-9-13-20(14-10-18)32(36)37/h2-15,22-25H,1H3,(H,29,33)/t22-,23-,24-,25-/m0/s1. The van der Waals surface area contributed by atoms with E-state index in [1.165, 1.54) is 29.2 Å². The maximum atomic E-state index is 13.8. The number of nitro benzene ring substituents is 1. The summed E-state index contributed by atoms with van der Waals surface area (Å²) >= 11 is 0. The molecule has 1 N–H and O–H groups in total. The Bertz CT molecular complexity index is 1480. The number of amides is 3. The zero-order valence-electron chi connectivity index (χ0n) is 19.8. The number of nitro groups is 1. The first-order chi connectivity index (χ1) is 17.8. The molecule has 0 aliphatic carbocycles. The van der Waals surface area contributed by atoms with Crippen molar-refractivity contribution in [1.82, 2.24) is 0 Å². The molecular formula is C28H22N4O5. The molecule has 9 nitrogen and oxygen atoms in total. The zero-order valence-corrected chi connectivity index (χ0v) is 19.8. The molecule has 3 aliphatic heterocycles. The first-order valence-electron chi connectivity index (χ1n) is 11.9. The monoisotopic (exact) mass is 494 g/mol. The second-order valence-corrected chi connectivity index (χ2v) is 9.45. The third-order valence-electron chi connectivity index (χ3n) is 7.32. The van der Waals surface area contributed by atoms with E-state index in [2.05, 4.69) is 5.32 Å². The average Bonchev–Trinajstić information content (AvgIpc) is 3.38. The summed E-state index contributed by atoms with van der Waals surface area (Å²) < 4.78 is 0. The van der Waals surface area contributed by atoms with Crippen molar-refractivity contribution in [3.63, 3.8) is 0 Å². The van der Waals surface area contributed by atoms with Crippen LogP contribution in [0.25, 0.3) is 6.08 Å². The third-order valence-corrected chi connectivity index (χ3v) is 7.32. The van der Waals surface area contributed by atoms with Crippen LogP contribution in [0.2, 0.25) is 0 Å². The lowest BCUT2D eigenvalue weighted by Crippen LogP contribution is -2.50. The summed E-state index contributed by atoms with van der Waals surface area (Å²) in [5.41, 5.74) is 3.42. The summed E-state index contributed by atoms with van der Waals surface area (Å²) in [6.45, 7) is 1.92. The highest BCUT2D eigenvalue weighted by molar-refractivity contribution is 6.25. The van der Waals surface area contributed by atoms with Crippen molar-refractivity contribution in [1.29, 1.82) is 0 Å². The summed E-state index contributed by atoms with van der Waals surface area (Å²) in [7, 11) is 0. The fourth-order valence-corrected chi connectivity index (χ4v) is 5.64. The van der Waals surface area contributed by atoms with Crippen LogP contribution in [-0.4, -0.2) is 34.7 Å². The van der Waals surface area contributed by atoms with Crippen LogP contribution in [0.15, 0.2) is 78.9 Å². The molecule has 0 aromatic heterocycles. The van der Waals surface area contributed by atoms with Crippen LogP contribution in [0.5, 0.6) is 0 Å². The quantitative estimate of drug-likeness (QED) is 0.334. The summed E-state index contributed by atoms with van der Waals surface area (Å²) in [4.78, 5) is 54.9. The number of fused-ring (bicyclic) bond motifs is 5. The number of aryl methyl sites for hydroxylation is 1. The van der Waals surface area contributed by atoms with Gasteiger partial charge >= 0.3 is 0 Å². The molecule has 0 saturated carbocycles. The van der Waals surface area contributed by atoms with E-state index in [4.69, 9.17) is 0 Å². The van der Waals surface area contributed by atoms with Gasteiger partial charge in [0.2, 0.25) is 17.7 Å². The summed E-state index contributed by atoms with van der Waals surface area (Å²) in [5.74, 6) is -2.83. The molecule has 0 unspecified atom stereocenters. The lowest BCUT2D eigenvalue weighted by Gasteiger charge is -2.36. The van der Waals surface area contributed by atoms with Gasteiger partial charge in [0.05, 0.1) is 28.5 Å². The Labute approximate surface area is 212 Å². The SMILES string of the molecule is Cc1ccc(N2C(=O)[C@@H]3[C@H](C2=O)[C@@H](C(=O)Nc2ccc([N+](=O)[O-])cc2)N2c4ccccc4C=C[C@@H]32)cc1.